The molecule has 226 valence electrons. The lowest BCUT2D eigenvalue weighted by molar-refractivity contribution is -0.384. The monoisotopic (exact) mass is 594 g/mol. The number of nitrogens with zero attached hydrogens (tertiary/aromatic N) is 4. The highest BCUT2D eigenvalue weighted by Gasteiger charge is 2.27. The Morgan fingerprint density at radius 1 is 1.16 bits per heavy atom. The van der Waals surface area contributed by atoms with Gasteiger partial charge in [0.15, 0.2) is 0 Å². The van der Waals surface area contributed by atoms with Crippen molar-refractivity contribution in [3.8, 4) is 11.1 Å². The van der Waals surface area contributed by atoms with E-state index in [4.69, 9.17) is 0 Å². The first-order valence-electron chi connectivity index (χ1n) is 14.2. The average molecular weight is 595 g/mol. The van der Waals surface area contributed by atoms with Gasteiger partial charge in [0, 0.05) is 74.3 Å². The van der Waals surface area contributed by atoms with Crippen LogP contribution in [0, 0.1) is 17.0 Å². The number of nitro benzene ring substituents is 1. The molecule has 0 aliphatic heterocycles. The smallest absolute Gasteiger partial charge is 0.269 e. The van der Waals surface area contributed by atoms with E-state index < -0.39 is 11.0 Å². The molecule has 3 N–H and O–H groups in total. The molecule has 0 bridgehead atoms. The maximum atomic E-state index is 14.2. The first-order valence-corrected chi connectivity index (χ1v) is 14.2. The Morgan fingerprint density at radius 3 is 2.64 bits per heavy atom. The number of aryl methyl sites for hydroxylation is 2. The van der Waals surface area contributed by atoms with Crippen LogP contribution in [0.15, 0.2) is 84.0 Å². The van der Waals surface area contributed by atoms with Crippen molar-refractivity contribution in [2.75, 3.05) is 19.0 Å². The predicted octanol–water partition coefficient (Wildman–Crippen LogP) is 5.05. The summed E-state index contributed by atoms with van der Waals surface area (Å²) >= 11 is 0. The van der Waals surface area contributed by atoms with Crippen LogP contribution in [0.2, 0.25) is 0 Å². The number of aromatic amines is 1. The summed E-state index contributed by atoms with van der Waals surface area (Å²) in [5, 5.41) is 30.2. The fraction of sp³-hybridized carbons (Fsp3) is 0.242. The number of aliphatic hydroxyl groups is 1. The number of benzene rings is 3. The highest BCUT2D eigenvalue weighted by atomic mass is 16.6. The second kappa shape index (κ2) is 12.5. The van der Waals surface area contributed by atoms with Crippen molar-refractivity contribution in [1.29, 1.82) is 0 Å². The number of fused-ring (bicyclic) bond motifs is 1. The summed E-state index contributed by atoms with van der Waals surface area (Å²) in [6.07, 6.45) is 5.08. The molecule has 1 amide bonds. The van der Waals surface area contributed by atoms with Gasteiger partial charge in [-0.1, -0.05) is 31.2 Å². The zero-order chi connectivity index (χ0) is 31.5. The Bertz CT molecular complexity index is 1910. The average Bonchev–Trinajstić information content (AvgIpc) is 3.45. The molecule has 11 nitrogen and oxygen atoms in total. The zero-order valence-corrected chi connectivity index (χ0v) is 24.9. The second-order valence-corrected chi connectivity index (χ2v) is 11.1. The fourth-order valence-corrected chi connectivity index (χ4v) is 5.48. The topological polar surface area (TPSA) is 146 Å². The maximum absolute atomic E-state index is 14.2. The van der Waals surface area contributed by atoms with E-state index in [1.54, 1.807) is 49.4 Å². The molecule has 0 radical (unpaired) electrons. The number of hydrogen-bond acceptors (Lipinski definition) is 7. The zero-order valence-electron chi connectivity index (χ0n) is 24.9. The fourth-order valence-electron chi connectivity index (χ4n) is 5.48. The number of likely N-dealkylation sites (N-methyl/N-ethyl adjacent to an activating group) is 1. The normalized spacial score (nSPS) is 12.6. The molecule has 0 aliphatic carbocycles. The van der Waals surface area contributed by atoms with E-state index in [-0.39, 0.29) is 36.2 Å². The Kier molecular flexibility index (Phi) is 8.59. The molecule has 0 spiro atoms. The Balaban J connectivity index is 1.53. The van der Waals surface area contributed by atoms with E-state index in [9.17, 15) is 24.8 Å². The first-order chi connectivity index (χ1) is 21.0. The molecular weight excluding hydrogens is 560 g/mol. The quantitative estimate of drug-likeness (QED) is 0.151. The highest BCUT2D eigenvalue weighted by Crippen LogP contribution is 2.31. The molecule has 0 aliphatic rings. The molecule has 0 fully saturated rings. The summed E-state index contributed by atoms with van der Waals surface area (Å²) in [6, 6.07) is 16.6. The van der Waals surface area contributed by atoms with Crippen LogP contribution in [0.1, 0.15) is 41.1 Å². The standard InChI is InChI=1S/C33H34N6O5/c1-20-13-23(6-9-28(20)21(2)19-40)31(36-26-7-5-22-11-12-34-32(41)30(22)15-26)33(42)37(3)17-24-14-27(39(43)44)8-10-29(24)25-16-35-38(4)18-25/h5-16,18,21,31,36,40H,17,19H2,1-4H3,(H,34,41)/t21-,31?/m0/s1. The molecule has 2 atom stereocenters. The number of aromatic nitrogens is 3. The molecule has 2 aromatic heterocycles. The SMILES string of the molecule is Cc1cc(C(Nc2ccc3cc[nH]c(=O)c3c2)C(=O)N(C)Cc2cc([N+](=O)[O-])ccc2-c2cnn(C)c2)ccc1[C@@H](C)CO. The number of aliphatic hydroxyl groups excluding tert-OH is 1. The van der Waals surface area contributed by atoms with Crippen LogP contribution in [-0.2, 0) is 18.4 Å². The molecule has 2 heterocycles. The molecule has 0 saturated heterocycles. The lowest BCUT2D eigenvalue weighted by Gasteiger charge is -2.27. The summed E-state index contributed by atoms with van der Waals surface area (Å²) in [7, 11) is 3.44. The Labute approximate surface area is 253 Å². The number of carbonyl (C=O) groups is 1. The van der Waals surface area contributed by atoms with Gasteiger partial charge in [-0.2, -0.15) is 5.10 Å². The van der Waals surface area contributed by atoms with Crippen LogP contribution in [-0.4, -0.2) is 49.3 Å². The number of carbonyl (C=O) groups excluding carboxylic acids is 1. The molecule has 5 aromatic rings. The number of H-pyrrole nitrogens is 1. The molecule has 11 heteroatoms. The number of amides is 1. The van der Waals surface area contributed by atoms with Crippen LogP contribution >= 0.6 is 0 Å². The molecule has 0 saturated carbocycles. The number of pyridine rings is 1. The summed E-state index contributed by atoms with van der Waals surface area (Å²) in [5.74, 6) is -0.348. The number of hydrogen-bond donors (Lipinski definition) is 3. The summed E-state index contributed by atoms with van der Waals surface area (Å²) in [6.45, 7) is 3.97. The van der Waals surface area contributed by atoms with E-state index in [2.05, 4.69) is 15.4 Å². The molecule has 5 rings (SSSR count). The predicted molar refractivity (Wildman–Crippen MR) is 169 cm³/mol. The van der Waals surface area contributed by atoms with Crippen LogP contribution < -0.4 is 10.9 Å². The first kappa shape index (κ1) is 30.2. The summed E-state index contributed by atoms with van der Waals surface area (Å²) in [5.41, 5.74) is 4.98. The van der Waals surface area contributed by atoms with Crippen molar-refractivity contribution in [2.45, 2.75) is 32.4 Å². The van der Waals surface area contributed by atoms with Crippen LogP contribution in [0.3, 0.4) is 0 Å². The van der Waals surface area contributed by atoms with Gasteiger partial charge in [-0.05, 0) is 64.4 Å². The van der Waals surface area contributed by atoms with Gasteiger partial charge in [0.05, 0.1) is 11.1 Å². The number of nitrogens with one attached hydrogen (secondary N) is 2. The largest absolute Gasteiger partial charge is 0.396 e. The Hall–Kier alpha value is -5.29. The van der Waals surface area contributed by atoms with E-state index >= 15 is 0 Å². The van der Waals surface area contributed by atoms with E-state index in [0.717, 1.165) is 27.6 Å². The minimum absolute atomic E-state index is 0.00233. The van der Waals surface area contributed by atoms with Crippen LogP contribution in [0.4, 0.5) is 11.4 Å². The second-order valence-electron chi connectivity index (χ2n) is 11.1. The molecule has 3 aromatic carbocycles. The number of rotatable bonds is 10. The van der Waals surface area contributed by atoms with Gasteiger partial charge >= 0.3 is 0 Å². The number of nitro groups is 1. The van der Waals surface area contributed by atoms with E-state index in [1.165, 1.54) is 17.0 Å². The molecule has 1 unspecified atom stereocenters. The van der Waals surface area contributed by atoms with Gasteiger partial charge in [0.25, 0.3) is 11.2 Å². The maximum Gasteiger partial charge on any atom is 0.269 e. The van der Waals surface area contributed by atoms with Gasteiger partial charge < -0.3 is 20.3 Å². The van der Waals surface area contributed by atoms with Crippen molar-refractivity contribution in [3.05, 3.63) is 122 Å². The van der Waals surface area contributed by atoms with Crippen molar-refractivity contribution in [2.24, 2.45) is 7.05 Å². The third kappa shape index (κ3) is 6.23. The highest BCUT2D eigenvalue weighted by molar-refractivity contribution is 5.89. The Morgan fingerprint density at radius 2 is 1.95 bits per heavy atom. The summed E-state index contributed by atoms with van der Waals surface area (Å²) in [4.78, 5) is 42.1. The molecular formula is C33H34N6O5. The molecule has 44 heavy (non-hydrogen) atoms. The van der Waals surface area contributed by atoms with Gasteiger partial charge in [-0.3, -0.25) is 24.4 Å². The third-order valence-corrected chi connectivity index (χ3v) is 7.86. The van der Waals surface area contributed by atoms with E-state index in [0.29, 0.717) is 22.2 Å². The lowest BCUT2D eigenvalue weighted by atomic mass is 9.93. The van der Waals surface area contributed by atoms with Crippen LogP contribution in [0.5, 0.6) is 0 Å². The van der Waals surface area contributed by atoms with Gasteiger partial charge in [0.2, 0.25) is 5.91 Å². The number of non-ortho nitro benzene ring substituents is 1. The van der Waals surface area contributed by atoms with Crippen LogP contribution in [0.25, 0.3) is 21.9 Å². The summed E-state index contributed by atoms with van der Waals surface area (Å²) < 4.78 is 1.65. The lowest BCUT2D eigenvalue weighted by Crippen LogP contribution is -2.35. The van der Waals surface area contributed by atoms with E-state index in [1.807, 2.05) is 50.4 Å². The van der Waals surface area contributed by atoms with Crippen molar-refractivity contribution in [1.82, 2.24) is 19.7 Å². The minimum Gasteiger partial charge on any atom is -0.396 e. The third-order valence-electron chi connectivity index (χ3n) is 7.86. The van der Waals surface area contributed by atoms with Gasteiger partial charge in [0.1, 0.15) is 6.04 Å². The minimum atomic E-state index is -0.849. The van der Waals surface area contributed by atoms with Crippen molar-refractivity contribution >= 4 is 28.1 Å². The van der Waals surface area contributed by atoms with Gasteiger partial charge in [-0.25, -0.2) is 0 Å². The number of anilines is 1. The van der Waals surface area contributed by atoms with Gasteiger partial charge in [-0.15, -0.1) is 0 Å². The van der Waals surface area contributed by atoms with Crippen molar-refractivity contribution in [3.63, 3.8) is 0 Å². The van der Waals surface area contributed by atoms with Crippen molar-refractivity contribution < 1.29 is 14.8 Å².